The van der Waals surface area contributed by atoms with Gasteiger partial charge in [0.25, 0.3) is 0 Å². The maximum atomic E-state index is 12.5. The van der Waals surface area contributed by atoms with Crippen LogP contribution in [-0.4, -0.2) is 60.1 Å². The number of hydrogen-bond acceptors (Lipinski definition) is 5. The lowest BCUT2D eigenvalue weighted by atomic mass is 10.1. The molecule has 134 valence electrons. The molecule has 0 atom stereocenters. The Balaban J connectivity index is 1.36. The molecule has 3 heterocycles. The van der Waals surface area contributed by atoms with Crippen molar-refractivity contribution in [2.45, 2.75) is 25.3 Å². The third kappa shape index (κ3) is 3.36. The molecule has 0 radical (unpaired) electrons. The summed E-state index contributed by atoms with van der Waals surface area (Å²) in [6.45, 7) is 1.77. The standard InChI is InChI=1S/C16H20N4O3S2/c21-16(18-12-2-3-14-15(10-12)24-11-17-14)19-7-4-13(5-8-19)20-6-1-9-25(20,22)23/h2-3,10-11,13H,1,4-9H2,(H,18,21). The first-order chi connectivity index (χ1) is 12.0. The van der Waals surface area contributed by atoms with Gasteiger partial charge < -0.3 is 10.2 Å². The molecule has 2 aliphatic heterocycles. The Bertz CT molecular complexity index is 888. The number of sulfonamides is 1. The SMILES string of the molecule is O=C(Nc1ccc2ncsc2c1)N1CCC(N2CCCS2(=O)=O)CC1. The molecule has 0 spiro atoms. The molecule has 0 unspecified atom stereocenters. The predicted octanol–water partition coefficient (Wildman–Crippen LogP) is 2.33. The highest BCUT2D eigenvalue weighted by atomic mass is 32.2. The van der Waals surface area contributed by atoms with E-state index in [2.05, 4.69) is 10.3 Å². The molecule has 25 heavy (non-hydrogen) atoms. The van der Waals surface area contributed by atoms with Crippen molar-refractivity contribution in [1.29, 1.82) is 0 Å². The monoisotopic (exact) mass is 380 g/mol. The van der Waals surface area contributed by atoms with E-state index in [1.807, 2.05) is 18.2 Å². The van der Waals surface area contributed by atoms with Gasteiger partial charge in [-0.15, -0.1) is 11.3 Å². The molecule has 2 aromatic rings. The van der Waals surface area contributed by atoms with Crippen molar-refractivity contribution in [3.8, 4) is 0 Å². The number of fused-ring (bicyclic) bond motifs is 1. The number of carbonyl (C=O) groups excluding carboxylic acids is 1. The summed E-state index contributed by atoms with van der Waals surface area (Å²) in [5.74, 6) is 0.258. The third-order valence-electron chi connectivity index (χ3n) is 4.88. The highest BCUT2D eigenvalue weighted by Crippen LogP contribution is 2.25. The van der Waals surface area contributed by atoms with Crippen molar-refractivity contribution < 1.29 is 13.2 Å². The summed E-state index contributed by atoms with van der Waals surface area (Å²) in [6, 6.07) is 5.57. The largest absolute Gasteiger partial charge is 0.324 e. The highest BCUT2D eigenvalue weighted by Gasteiger charge is 2.36. The second kappa shape index (κ2) is 6.54. The van der Waals surface area contributed by atoms with E-state index < -0.39 is 10.0 Å². The van der Waals surface area contributed by atoms with Crippen LogP contribution in [0.2, 0.25) is 0 Å². The smallest absolute Gasteiger partial charge is 0.321 e. The molecule has 2 aliphatic rings. The average Bonchev–Trinajstić information content (AvgIpc) is 3.20. The number of nitrogens with one attached hydrogen (secondary N) is 1. The van der Waals surface area contributed by atoms with E-state index in [4.69, 9.17) is 0 Å². The Kier molecular flexibility index (Phi) is 4.38. The van der Waals surface area contributed by atoms with Gasteiger partial charge in [0.15, 0.2) is 0 Å². The van der Waals surface area contributed by atoms with Crippen molar-refractivity contribution in [2.75, 3.05) is 30.7 Å². The van der Waals surface area contributed by atoms with Gasteiger partial charge in [0, 0.05) is 31.4 Å². The van der Waals surface area contributed by atoms with Crippen molar-refractivity contribution in [3.63, 3.8) is 0 Å². The fourth-order valence-electron chi connectivity index (χ4n) is 3.56. The summed E-state index contributed by atoms with van der Waals surface area (Å²) in [7, 11) is -3.08. The van der Waals surface area contributed by atoms with Gasteiger partial charge in [-0.25, -0.2) is 18.2 Å². The number of rotatable bonds is 2. The minimum atomic E-state index is -3.08. The molecule has 2 fully saturated rings. The second-order valence-electron chi connectivity index (χ2n) is 6.46. The zero-order valence-electron chi connectivity index (χ0n) is 13.7. The molecule has 0 bridgehead atoms. The summed E-state index contributed by atoms with van der Waals surface area (Å²) in [5, 5.41) is 2.93. The van der Waals surface area contributed by atoms with Crippen LogP contribution in [0.25, 0.3) is 10.2 Å². The number of thiazole rings is 1. The molecule has 7 nitrogen and oxygen atoms in total. The number of benzene rings is 1. The quantitative estimate of drug-likeness (QED) is 0.867. The minimum absolute atomic E-state index is 0.0325. The van der Waals surface area contributed by atoms with Crippen LogP contribution in [0, 0.1) is 0 Å². The Morgan fingerprint density at radius 1 is 1.24 bits per heavy atom. The van der Waals surface area contributed by atoms with Crippen LogP contribution >= 0.6 is 11.3 Å². The number of amides is 2. The van der Waals surface area contributed by atoms with Crippen LogP contribution in [-0.2, 0) is 10.0 Å². The normalized spacial score (nSPS) is 21.7. The van der Waals surface area contributed by atoms with Crippen LogP contribution in [0.1, 0.15) is 19.3 Å². The van der Waals surface area contributed by atoms with Gasteiger partial charge in [-0.05, 0) is 37.5 Å². The number of piperidine rings is 1. The number of nitrogens with zero attached hydrogens (tertiary/aromatic N) is 3. The molecule has 0 aliphatic carbocycles. The Morgan fingerprint density at radius 3 is 2.76 bits per heavy atom. The number of hydrogen-bond donors (Lipinski definition) is 1. The molecular weight excluding hydrogens is 360 g/mol. The summed E-state index contributed by atoms with van der Waals surface area (Å²) in [5.41, 5.74) is 3.47. The van der Waals surface area contributed by atoms with Gasteiger partial charge in [0.2, 0.25) is 10.0 Å². The Labute approximate surface area is 150 Å². The maximum absolute atomic E-state index is 12.5. The molecular formula is C16H20N4O3S2. The van der Waals surface area contributed by atoms with Crippen LogP contribution in [0.15, 0.2) is 23.7 Å². The molecule has 2 amide bonds. The zero-order valence-corrected chi connectivity index (χ0v) is 15.4. The predicted molar refractivity (Wildman–Crippen MR) is 98.3 cm³/mol. The summed E-state index contributed by atoms with van der Waals surface area (Å²) < 4.78 is 26.7. The van der Waals surface area contributed by atoms with Crippen molar-refractivity contribution in [3.05, 3.63) is 23.7 Å². The fourth-order valence-corrected chi connectivity index (χ4v) is 6.08. The highest BCUT2D eigenvalue weighted by molar-refractivity contribution is 7.89. The van der Waals surface area contributed by atoms with Crippen LogP contribution < -0.4 is 5.32 Å². The lowest BCUT2D eigenvalue weighted by Gasteiger charge is -2.35. The average molecular weight is 380 g/mol. The molecule has 1 aromatic heterocycles. The fraction of sp³-hybridized carbons (Fsp3) is 0.500. The van der Waals surface area contributed by atoms with E-state index in [-0.39, 0.29) is 17.8 Å². The van der Waals surface area contributed by atoms with Crippen molar-refractivity contribution in [1.82, 2.24) is 14.2 Å². The Hall–Kier alpha value is -1.71. The van der Waals surface area contributed by atoms with E-state index in [1.165, 1.54) is 11.3 Å². The first-order valence-corrected chi connectivity index (χ1v) is 10.9. The molecule has 2 saturated heterocycles. The minimum Gasteiger partial charge on any atom is -0.324 e. The molecule has 1 aromatic carbocycles. The molecule has 4 rings (SSSR count). The van der Waals surface area contributed by atoms with Gasteiger partial charge in [0.05, 0.1) is 21.5 Å². The number of carbonyl (C=O) groups is 1. The lowest BCUT2D eigenvalue weighted by molar-refractivity contribution is 0.170. The number of anilines is 1. The molecule has 0 saturated carbocycles. The summed E-state index contributed by atoms with van der Waals surface area (Å²) in [4.78, 5) is 18.5. The van der Waals surface area contributed by atoms with Gasteiger partial charge in [-0.2, -0.15) is 4.31 Å². The van der Waals surface area contributed by atoms with Crippen LogP contribution in [0.5, 0.6) is 0 Å². The van der Waals surface area contributed by atoms with Crippen LogP contribution in [0.4, 0.5) is 10.5 Å². The topological polar surface area (TPSA) is 82.6 Å². The van der Waals surface area contributed by atoms with E-state index >= 15 is 0 Å². The first-order valence-electron chi connectivity index (χ1n) is 8.42. The first kappa shape index (κ1) is 16.7. The van der Waals surface area contributed by atoms with E-state index in [1.54, 1.807) is 14.7 Å². The molecule has 1 N–H and O–H groups in total. The van der Waals surface area contributed by atoms with E-state index in [0.717, 1.165) is 15.9 Å². The molecule has 9 heteroatoms. The van der Waals surface area contributed by atoms with Gasteiger partial charge in [-0.3, -0.25) is 0 Å². The summed E-state index contributed by atoms with van der Waals surface area (Å²) >= 11 is 1.54. The summed E-state index contributed by atoms with van der Waals surface area (Å²) in [6.07, 6.45) is 2.10. The van der Waals surface area contributed by atoms with E-state index in [9.17, 15) is 13.2 Å². The van der Waals surface area contributed by atoms with E-state index in [0.29, 0.717) is 38.9 Å². The lowest BCUT2D eigenvalue weighted by Crippen LogP contribution is -2.48. The number of likely N-dealkylation sites (tertiary alicyclic amines) is 1. The zero-order chi connectivity index (χ0) is 17.4. The van der Waals surface area contributed by atoms with Crippen molar-refractivity contribution >= 4 is 43.3 Å². The number of aromatic nitrogens is 1. The van der Waals surface area contributed by atoms with Gasteiger partial charge in [-0.1, -0.05) is 0 Å². The third-order valence-corrected chi connectivity index (χ3v) is 7.67. The van der Waals surface area contributed by atoms with Gasteiger partial charge >= 0.3 is 6.03 Å². The van der Waals surface area contributed by atoms with Gasteiger partial charge in [0.1, 0.15) is 0 Å². The number of urea groups is 1. The second-order valence-corrected chi connectivity index (χ2v) is 9.39. The van der Waals surface area contributed by atoms with Crippen molar-refractivity contribution in [2.24, 2.45) is 0 Å². The maximum Gasteiger partial charge on any atom is 0.321 e. The Morgan fingerprint density at radius 2 is 2.04 bits per heavy atom. The van der Waals surface area contributed by atoms with Crippen LogP contribution in [0.3, 0.4) is 0 Å².